The van der Waals surface area contributed by atoms with Crippen LogP contribution in [0.1, 0.15) is 13.3 Å². The highest BCUT2D eigenvalue weighted by atomic mass is 19.3. The predicted octanol–water partition coefficient (Wildman–Crippen LogP) is 1.13. The molecule has 0 aliphatic carbocycles. The number of hydrogen-bond acceptors (Lipinski definition) is 2. The molecule has 0 atom stereocenters. The topological polar surface area (TPSA) is 46.5 Å². The van der Waals surface area contributed by atoms with Gasteiger partial charge < -0.3 is 9.84 Å². The highest BCUT2D eigenvalue weighted by molar-refractivity contribution is 5.76. The molecular weight excluding hydrogens is 170 g/mol. The van der Waals surface area contributed by atoms with Crippen LogP contribution < -0.4 is 0 Å². The van der Waals surface area contributed by atoms with E-state index in [1.54, 1.807) is 0 Å². The van der Waals surface area contributed by atoms with Gasteiger partial charge in [0.1, 0.15) is 5.41 Å². The average molecular weight is 180 g/mol. The van der Waals surface area contributed by atoms with Crippen LogP contribution in [0.25, 0.3) is 0 Å². The Morgan fingerprint density at radius 2 is 2.17 bits per heavy atom. The van der Waals surface area contributed by atoms with E-state index in [-0.39, 0.29) is 13.2 Å². The quantitative estimate of drug-likeness (QED) is 0.708. The molecule has 0 amide bonds. The number of carboxylic acids is 1. The molecule has 1 aliphatic rings. The van der Waals surface area contributed by atoms with Crippen LogP contribution >= 0.6 is 0 Å². The molecule has 0 spiro atoms. The second kappa shape index (κ2) is 2.65. The summed E-state index contributed by atoms with van der Waals surface area (Å²) >= 11 is 0. The van der Waals surface area contributed by atoms with Gasteiger partial charge in [0.25, 0.3) is 0 Å². The van der Waals surface area contributed by atoms with E-state index in [2.05, 4.69) is 4.74 Å². The first kappa shape index (κ1) is 9.38. The minimum atomic E-state index is -2.94. The fraction of sp³-hybridized carbons (Fsp3) is 0.857. The molecule has 12 heavy (non-hydrogen) atoms. The van der Waals surface area contributed by atoms with Crippen molar-refractivity contribution in [1.82, 2.24) is 0 Å². The van der Waals surface area contributed by atoms with Crippen LogP contribution in [0.15, 0.2) is 0 Å². The Hall–Kier alpha value is -0.710. The first-order chi connectivity index (χ1) is 5.36. The third-order valence-electron chi connectivity index (χ3n) is 1.86. The predicted molar refractivity (Wildman–Crippen MR) is 36.1 cm³/mol. The van der Waals surface area contributed by atoms with E-state index in [0.29, 0.717) is 0 Å². The molecule has 1 rings (SSSR count). The lowest BCUT2D eigenvalue weighted by Gasteiger charge is -2.38. The van der Waals surface area contributed by atoms with Crippen LogP contribution in [-0.2, 0) is 9.53 Å². The van der Waals surface area contributed by atoms with E-state index in [4.69, 9.17) is 5.11 Å². The number of hydrogen-bond donors (Lipinski definition) is 1. The Labute approximate surface area is 68.3 Å². The Morgan fingerprint density at radius 3 is 2.25 bits per heavy atom. The minimum absolute atomic E-state index is 0.105. The zero-order chi connectivity index (χ0) is 9.41. The summed E-state index contributed by atoms with van der Waals surface area (Å²) in [5.41, 5.74) is -1.35. The summed E-state index contributed by atoms with van der Waals surface area (Å²) in [5, 5.41) is 8.63. The molecule has 0 aromatic rings. The second-order valence-corrected chi connectivity index (χ2v) is 3.33. The van der Waals surface area contributed by atoms with E-state index >= 15 is 0 Å². The van der Waals surface area contributed by atoms with Gasteiger partial charge in [0, 0.05) is 6.42 Å². The third-order valence-corrected chi connectivity index (χ3v) is 1.86. The van der Waals surface area contributed by atoms with Gasteiger partial charge in [-0.3, -0.25) is 4.79 Å². The van der Waals surface area contributed by atoms with Crippen LogP contribution in [0.3, 0.4) is 0 Å². The summed E-state index contributed by atoms with van der Waals surface area (Å²) in [7, 11) is 0. The average Bonchev–Trinajstić information content (AvgIpc) is 1.75. The van der Waals surface area contributed by atoms with Gasteiger partial charge in [-0.2, -0.15) is 0 Å². The van der Waals surface area contributed by atoms with Crippen LogP contribution in [-0.4, -0.2) is 30.2 Å². The third kappa shape index (κ3) is 1.72. The van der Waals surface area contributed by atoms with E-state index in [9.17, 15) is 13.6 Å². The summed E-state index contributed by atoms with van der Waals surface area (Å²) in [5.74, 6) is -4.14. The van der Waals surface area contributed by atoms with Crippen LogP contribution in [0.2, 0.25) is 0 Å². The maximum Gasteiger partial charge on any atom is 0.314 e. The van der Waals surface area contributed by atoms with Gasteiger partial charge in [-0.1, -0.05) is 0 Å². The Balaban J connectivity index is 2.63. The first-order valence-electron chi connectivity index (χ1n) is 3.55. The lowest BCUT2D eigenvalue weighted by Crippen LogP contribution is -2.51. The van der Waals surface area contributed by atoms with Gasteiger partial charge in [-0.25, -0.2) is 8.78 Å². The van der Waals surface area contributed by atoms with Gasteiger partial charge in [0.2, 0.25) is 5.92 Å². The van der Waals surface area contributed by atoms with Gasteiger partial charge in [-0.15, -0.1) is 0 Å². The number of aliphatic carboxylic acids is 1. The standard InChI is InChI=1S/C7H10F2O3/c1-6(8,9)2-7(5(10)11)3-12-4-7/h2-4H2,1H3,(H,10,11). The SMILES string of the molecule is CC(F)(F)CC1(C(=O)O)COC1. The minimum Gasteiger partial charge on any atom is -0.481 e. The van der Waals surface area contributed by atoms with Crippen LogP contribution in [0, 0.1) is 5.41 Å². The fourth-order valence-corrected chi connectivity index (χ4v) is 1.24. The van der Waals surface area contributed by atoms with Crippen molar-refractivity contribution >= 4 is 5.97 Å². The van der Waals surface area contributed by atoms with Crippen LogP contribution in [0.5, 0.6) is 0 Å². The Bertz CT molecular complexity index is 193. The fourth-order valence-electron chi connectivity index (χ4n) is 1.24. The van der Waals surface area contributed by atoms with Crippen molar-refractivity contribution in [3.63, 3.8) is 0 Å². The Kier molecular flexibility index (Phi) is 2.07. The van der Waals surface area contributed by atoms with Crippen molar-refractivity contribution in [2.75, 3.05) is 13.2 Å². The maximum atomic E-state index is 12.5. The molecule has 1 N–H and O–H groups in total. The maximum absolute atomic E-state index is 12.5. The van der Waals surface area contributed by atoms with Crippen molar-refractivity contribution in [2.24, 2.45) is 5.41 Å². The molecule has 0 bridgehead atoms. The molecule has 70 valence electrons. The largest absolute Gasteiger partial charge is 0.481 e. The number of carbonyl (C=O) groups is 1. The molecule has 0 saturated carbocycles. The number of ether oxygens (including phenoxy) is 1. The molecule has 1 aliphatic heterocycles. The number of carboxylic acid groups (broad SMARTS) is 1. The summed E-state index contributed by atoms with van der Waals surface area (Å²) < 4.78 is 29.6. The first-order valence-corrected chi connectivity index (χ1v) is 3.55. The van der Waals surface area contributed by atoms with E-state index in [1.165, 1.54) is 0 Å². The molecule has 0 radical (unpaired) electrons. The zero-order valence-corrected chi connectivity index (χ0v) is 6.64. The van der Waals surface area contributed by atoms with Crippen molar-refractivity contribution in [3.05, 3.63) is 0 Å². The Morgan fingerprint density at radius 1 is 1.67 bits per heavy atom. The van der Waals surface area contributed by atoms with Crippen LogP contribution in [0.4, 0.5) is 8.78 Å². The summed E-state index contributed by atoms with van der Waals surface area (Å²) in [4.78, 5) is 10.6. The molecule has 1 saturated heterocycles. The van der Waals surface area contributed by atoms with Gasteiger partial charge in [-0.05, 0) is 6.92 Å². The molecule has 0 aromatic heterocycles. The lowest BCUT2D eigenvalue weighted by molar-refractivity contribution is -0.194. The second-order valence-electron chi connectivity index (χ2n) is 3.33. The molecule has 5 heteroatoms. The van der Waals surface area contributed by atoms with Gasteiger partial charge >= 0.3 is 5.97 Å². The van der Waals surface area contributed by atoms with E-state index in [0.717, 1.165) is 6.92 Å². The number of rotatable bonds is 3. The zero-order valence-electron chi connectivity index (χ0n) is 6.64. The monoisotopic (exact) mass is 180 g/mol. The lowest BCUT2D eigenvalue weighted by atomic mass is 9.80. The van der Waals surface area contributed by atoms with E-state index in [1.807, 2.05) is 0 Å². The summed E-state index contributed by atoms with van der Waals surface area (Å²) in [6, 6.07) is 0. The van der Waals surface area contributed by atoms with Crippen molar-refractivity contribution in [1.29, 1.82) is 0 Å². The normalized spacial score (nSPS) is 21.6. The smallest absolute Gasteiger partial charge is 0.314 e. The van der Waals surface area contributed by atoms with Gasteiger partial charge in [0.05, 0.1) is 13.2 Å². The summed E-state index contributed by atoms with van der Waals surface area (Å²) in [6.45, 7) is 0.507. The number of halogens is 2. The highest BCUT2D eigenvalue weighted by Gasteiger charge is 2.51. The van der Waals surface area contributed by atoms with E-state index < -0.39 is 23.7 Å². The van der Waals surface area contributed by atoms with Crippen molar-refractivity contribution in [3.8, 4) is 0 Å². The number of alkyl halides is 2. The molecule has 0 unspecified atom stereocenters. The summed E-state index contributed by atoms with van der Waals surface area (Å²) in [6.07, 6.45) is -0.644. The molecule has 0 aromatic carbocycles. The van der Waals surface area contributed by atoms with Crippen molar-refractivity contribution in [2.45, 2.75) is 19.3 Å². The molecule has 1 fully saturated rings. The molecule has 1 heterocycles. The van der Waals surface area contributed by atoms with Gasteiger partial charge in [0.15, 0.2) is 0 Å². The molecule has 3 nitrogen and oxygen atoms in total. The highest BCUT2D eigenvalue weighted by Crippen LogP contribution is 2.38. The molecular formula is C7H10F2O3. The van der Waals surface area contributed by atoms with Crippen molar-refractivity contribution < 1.29 is 23.4 Å².